The van der Waals surface area contributed by atoms with Gasteiger partial charge in [-0.15, -0.1) is 0 Å². The highest BCUT2D eigenvalue weighted by molar-refractivity contribution is 7.91. The molecule has 1 aliphatic rings. The normalized spacial score (nSPS) is 16.8. The average molecular weight is 400 g/mol. The molecule has 1 unspecified atom stereocenters. The van der Waals surface area contributed by atoms with Crippen molar-refractivity contribution in [3.63, 3.8) is 0 Å². The van der Waals surface area contributed by atoms with Gasteiger partial charge >= 0.3 is 6.09 Å². The zero-order valence-electron chi connectivity index (χ0n) is 16.6. The summed E-state index contributed by atoms with van der Waals surface area (Å²) in [5.74, 6) is -0.261. The predicted molar refractivity (Wildman–Crippen MR) is 111 cm³/mol. The molecule has 2 aromatic rings. The van der Waals surface area contributed by atoms with Gasteiger partial charge in [-0.3, -0.25) is 4.90 Å². The first-order valence-corrected chi connectivity index (χ1v) is 10.7. The van der Waals surface area contributed by atoms with Crippen LogP contribution in [0.5, 0.6) is 0 Å². The molecular weight excluding hydrogens is 374 g/mol. The number of benzene rings is 2. The van der Waals surface area contributed by atoms with Crippen molar-refractivity contribution in [2.45, 2.75) is 44.2 Å². The summed E-state index contributed by atoms with van der Waals surface area (Å²) in [5, 5.41) is 0. The first kappa shape index (κ1) is 20.1. The molecule has 0 radical (unpaired) electrons. The van der Waals surface area contributed by atoms with Crippen molar-refractivity contribution in [2.75, 3.05) is 10.7 Å². The second kappa shape index (κ2) is 7.09. The number of hydrogen-bond donors (Lipinski definition) is 0. The fraction of sp³-hybridized carbons (Fsp3) is 0.318. The summed E-state index contributed by atoms with van der Waals surface area (Å²) in [7, 11) is -3.63. The van der Waals surface area contributed by atoms with Crippen molar-refractivity contribution in [3.05, 3.63) is 66.2 Å². The average Bonchev–Trinajstić information content (AvgIpc) is 2.86. The van der Waals surface area contributed by atoms with Gasteiger partial charge in [0.15, 0.2) is 9.84 Å². The molecule has 5 nitrogen and oxygen atoms in total. The van der Waals surface area contributed by atoms with Gasteiger partial charge < -0.3 is 4.74 Å². The van der Waals surface area contributed by atoms with Gasteiger partial charge in [-0.2, -0.15) is 0 Å². The summed E-state index contributed by atoms with van der Waals surface area (Å²) >= 11 is 0. The molecule has 0 saturated carbocycles. The van der Waals surface area contributed by atoms with Crippen LogP contribution in [-0.2, 0) is 14.6 Å². The number of para-hydroxylation sites is 1. The third-order valence-corrected chi connectivity index (χ3v) is 6.32. The summed E-state index contributed by atoms with van der Waals surface area (Å²) in [5.41, 5.74) is 2.25. The number of amides is 1. The Labute approximate surface area is 166 Å². The van der Waals surface area contributed by atoms with Crippen molar-refractivity contribution >= 4 is 27.2 Å². The summed E-state index contributed by atoms with van der Waals surface area (Å²) in [6.45, 7) is 11.3. The number of sulfone groups is 1. The molecule has 3 rings (SSSR count). The largest absolute Gasteiger partial charge is 0.443 e. The second-order valence-electron chi connectivity index (χ2n) is 8.00. The van der Waals surface area contributed by atoms with Gasteiger partial charge in [0.1, 0.15) is 5.60 Å². The number of aryl methyl sites for hydroxylation is 1. The van der Waals surface area contributed by atoms with Crippen LogP contribution in [-0.4, -0.2) is 31.9 Å². The second-order valence-corrected chi connectivity index (χ2v) is 10.0. The lowest BCUT2D eigenvalue weighted by molar-refractivity contribution is 0.0577. The number of rotatable bonds is 3. The van der Waals surface area contributed by atoms with Crippen LogP contribution < -0.4 is 4.90 Å². The molecule has 1 aliphatic heterocycles. The van der Waals surface area contributed by atoms with Crippen LogP contribution in [0.3, 0.4) is 0 Å². The third kappa shape index (κ3) is 3.97. The first-order valence-electron chi connectivity index (χ1n) is 9.09. The molecule has 0 N–H and O–H groups in total. The Morgan fingerprint density at radius 3 is 2.32 bits per heavy atom. The molecule has 0 aromatic heterocycles. The minimum atomic E-state index is -3.63. The number of hydrogen-bond acceptors (Lipinski definition) is 4. The van der Waals surface area contributed by atoms with Crippen LogP contribution in [0.15, 0.2) is 60.0 Å². The Morgan fingerprint density at radius 1 is 1.11 bits per heavy atom. The van der Waals surface area contributed by atoms with Gasteiger partial charge in [0.2, 0.25) is 0 Å². The van der Waals surface area contributed by atoms with Gasteiger partial charge in [-0.1, -0.05) is 42.5 Å². The Kier molecular flexibility index (Phi) is 5.10. The number of ether oxygens (including phenoxy) is 1. The standard InChI is InChI=1S/C22H25NO4S/c1-15-10-12-17(13-11-15)28(25,26)14-20-16(2)18-8-6-7-9-19(18)23(20)21(24)27-22(3,4)5/h6-13,20H,2,14H2,1,3-5H3. The number of anilines is 1. The van der Waals surface area contributed by atoms with Crippen LogP contribution in [0.2, 0.25) is 0 Å². The zero-order valence-corrected chi connectivity index (χ0v) is 17.4. The highest BCUT2D eigenvalue weighted by atomic mass is 32.2. The van der Waals surface area contributed by atoms with E-state index < -0.39 is 27.6 Å². The Morgan fingerprint density at radius 2 is 1.71 bits per heavy atom. The van der Waals surface area contributed by atoms with E-state index >= 15 is 0 Å². The van der Waals surface area contributed by atoms with E-state index in [0.717, 1.165) is 11.1 Å². The Hall–Kier alpha value is -2.60. The molecule has 1 atom stereocenters. The van der Waals surface area contributed by atoms with Gasteiger partial charge in [0.25, 0.3) is 0 Å². The monoisotopic (exact) mass is 399 g/mol. The SMILES string of the molecule is C=C1c2ccccc2N(C(=O)OC(C)(C)C)C1CS(=O)(=O)c1ccc(C)cc1. The fourth-order valence-corrected chi connectivity index (χ4v) is 4.73. The molecule has 1 heterocycles. The van der Waals surface area contributed by atoms with Crippen LogP contribution in [0, 0.1) is 6.92 Å². The van der Waals surface area contributed by atoms with Crippen molar-refractivity contribution in [2.24, 2.45) is 0 Å². The van der Waals surface area contributed by atoms with Gasteiger partial charge in [0.05, 0.1) is 22.4 Å². The van der Waals surface area contributed by atoms with Crippen LogP contribution >= 0.6 is 0 Å². The van der Waals surface area contributed by atoms with E-state index in [0.29, 0.717) is 11.3 Å². The lowest BCUT2D eigenvalue weighted by atomic mass is 10.1. The summed E-state index contributed by atoms with van der Waals surface area (Å²) < 4.78 is 31.6. The molecule has 0 fully saturated rings. The Bertz CT molecular complexity index is 1020. The van der Waals surface area contributed by atoms with Crippen molar-refractivity contribution in [3.8, 4) is 0 Å². The molecule has 0 spiro atoms. The minimum Gasteiger partial charge on any atom is -0.443 e. The molecule has 1 amide bonds. The third-order valence-electron chi connectivity index (χ3n) is 4.57. The van der Waals surface area contributed by atoms with Crippen molar-refractivity contribution in [1.29, 1.82) is 0 Å². The number of carbonyl (C=O) groups is 1. The quantitative estimate of drug-likeness (QED) is 0.756. The van der Waals surface area contributed by atoms with Crippen LogP contribution in [0.25, 0.3) is 5.57 Å². The highest BCUT2D eigenvalue weighted by Gasteiger charge is 2.41. The predicted octanol–water partition coefficient (Wildman–Crippen LogP) is 4.61. The number of carbonyl (C=O) groups excluding carboxylic acids is 1. The smallest absolute Gasteiger partial charge is 0.415 e. The highest BCUT2D eigenvalue weighted by Crippen LogP contribution is 2.41. The van der Waals surface area contributed by atoms with Crippen LogP contribution in [0.1, 0.15) is 31.9 Å². The number of fused-ring (bicyclic) bond motifs is 1. The fourth-order valence-electron chi connectivity index (χ4n) is 3.22. The van der Waals surface area contributed by atoms with E-state index in [1.807, 2.05) is 19.1 Å². The van der Waals surface area contributed by atoms with Gasteiger partial charge in [0, 0.05) is 5.56 Å². The maximum atomic E-state index is 13.0. The van der Waals surface area contributed by atoms with E-state index in [1.54, 1.807) is 57.2 Å². The molecule has 0 bridgehead atoms. The van der Waals surface area contributed by atoms with Crippen molar-refractivity contribution in [1.82, 2.24) is 0 Å². The molecule has 28 heavy (non-hydrogen) atoms. The van der Waals surface area contributed by atoms with E-state index in [1.165, 1.54) is 4.90 Å². The molecule has 2 aromatic carbocycles. The lowest BCUT2D eigenvalue weighted by Gasteiger charge is -2.29. The maximum Gasteiger partial charge on any atom is 0.415 e. The van der Waals surface area contributed by atoms with Gasteiger partial charge in [-0.05, 0) is 51.5 Å². The topological polar surface area (TPSA) is 63.7 Å². The number of nitrogens with zero attached hydrogens (tertiary/aromatic N) is 1. The van der Waals surface area contributed by atoms with Crippen LogP contribution in [0.4, 0.5) is 10.5 Å². The van der Waals surface area contributed by atoms with E-state index in [-0.39, 0.29) is 10.6 Å². The maximum absolute atomic E-state index is 13.0. The summed E-state index contributed by atoms with van der Waals surface area (Å²) in [4.78, 5) is 14.6. The molecule has 148 valence electrons. The molecule has 0 saturated heterocycles. The molecule has 6 heteroatoms. The zero-order chi connectivity index (χ0) is 20.7. The molecular formula is C22H25NO4S. The Balaban J connectivity index is 1.99. The van der Waals surface area contributed by atoms with Crippen molar-refractivity contribution < 1.29 is 17.9 Å². The van der Waals surface area contributed by atoms with Gasteiger partial charge in [-0.25, -0.2) is 13.2 Å². The minimum absolute atomic E-state index is 0.228. The first-order chi connectivity index (χ1) is 13.0. The summed E-state index contributed by atoms with van der Waals surface area (Å²) in [6, 6.07) is 13.2. The van der Waals surface area contributed by atoms with E-state index in [2.05, 4.69) is 6.58 Å². The summed E-state index contributed by atoms with van der Waals surface area (Å²) in [6.07, 6.45) is -0.581. The van der Waals surface area contributed by atoms with E-state index in [4.69, 9.17) is 4.74 Å². The lowest BCUT2D eigenvalue weighted by Crippen LogP contribution is -2.44. The molecule has 0 aliphatic carbocycles. The van der Waals surface area contributed by atoms with E-state index in [9.17, 15) is 13.2 Å².